The molecule has 1 atom stereocenters. The van der Waals surface area contributed by atoms with E-state index in [0.717, 1.165) is 28.9 Å². The number of hydrogen-bond acceptors (Lipinski definition) is 4. The molecule has 0 saturated carbocycles. The van der Waals surface area contributed by atoms with Gasteiger partial charge in [-0.15, -0.1) is 0 Å². The number of aromatic amines is 1. The molecule has 0 aliphatic carbocycles. The van der Waals surface area contributed by atoms with Gasteiger partial charge in [0.05, 0.1) is 6.61 Å². The molecule has 30 heavy (non-hydrogen) atoms. The Morgan fingerprint density at radius 2 is 2.03 bits per heavy atom. The number of benzene rings is 2. The summed E-state index contributed by atoms with van der Waals surface area (Å²) in [4.78, 5) is 23.1. The molecule has 3 heterocycles. The van der Waals surface area contributed by atoms with E-state index in [1.807, 2.05) is 42.2 Å². The monoisotopic (exact) mass is 401 g/mol. The molecule has 1 aliphatic rings. The van der Waals surface area contributed by atoms with Crippen molar-refractivity contribution in [2.45, 2.75) is 26.3 Å². The third-order valence-electron chi connectivity index (χ3n) is 5.76. The van der Waals surface area contributed by atoms with Gasteiger partial charge in [0.15, 0.2) is 12.1 Å². The van der Waals surface area contributed by atoms with Gasteiger partial charge < -0.3 is 19.0 Å². The van der Waals surface area contributed by atoms with Crippen molar-refractivity contribution in [3.63, 3.8) is 0 Å². The Morgan fingerprint density at radius 1 is 1.23 bits per heavy atom. The lowest BCUT2D eigenvalue weighted by molar-refractivity contribution is 0.0682. The first-order valence-electron chi connectivity index (χ1n) is 10.2. The summed E-state index contributed by atoms with van der Waals surface area (Å²) in [6.45, 7) is 4.88. The molecule has 0 fully saturated rings. The van der Waals surface area contributed by atoms with Crippen LogP contribution in [-0.4, -0.2) is 33.9 Å². The summed E-state index contributed by atoms with van der Waals surface area (Å²) in [6.07, 6.45) is 2.10. The van der Waals surface area contributed by atoms with E-state index >= 15 is 0 Å². The summed E-state index contributed by atoms with van der Waals surface area (Å²) >= 11 is 0. The first kappa shape index (κ1) is 18.5. The standard InChI is InChI=1S/C24H23N3O3/c1-3-29-20-11-7-5-9-18(20)23-22-17(16-8-4-6-10-19(16)26-22)12-13-27(23)24(28)21-15(2)30-14-25-21/h4-11,14,23,26H,3,12-13H2,1-2H3. The summed E-state index contributed by atoms with van der Waals surface area (Å²) in [7, 11) is 0. The van der Waals surface area contributed by atoms with Gasteiger partial charge in [-0.2, -0.15) is 0 Å². The van der Waals surface area contributed by atoms with Crippen LogP contribution in [0.4, 0.5) is 0 Å². The van der Waals surface area contributed by atoms with Crippen molar-refractivity contribution in [2.24, 2.45) is 0 Å². The summed E-state index contributed by atoms with van der Waals surface area (Å²) in [5.74, 6) is 1.17. The van der Waals surface area contributed by atoms with Gasteiger partial charge in [0.25, 0.3) is 5.91 Å². The zero-order valence-electron chi connectivity index (χ0n) is 17.0. The highest BCUT2D eigenvalue weighted by atomic mass is 16.5. The van der Waals surface area contributed by atoms with Crippen LogP contribution in [-0.2, 0) is 6.42 Å². The molecule has 6 heteroatoms. The Labute approximate surface area is 174 Å². The highest BCUT2D eigenvalue weighted by Gasteiger charge is 2.37. The van der Waals surface area contributed by atoms with Gasteiger partial charge in [-0.3, -0.25) is 4.79 Å². The maximum atomic E-state index is 13.5. The van der Waals surface area contributed by atoms with Crippen LogP contribution >= 0.6 is 0 Å². The van der Waals surface area contributed by atoms with Gasteiger partial charge in [0.2, 0.25) is 0 Å². The second-order valence-electron chi connectivity index (χ2n) is 7.44. The fourth-order valence-corrected chi connectivity index (χ4v) is 4.42. The maximum Gasteiger partial charge on any atom is 0.276 e. The number of ether oxygens (including phenoxy) is 1. The molecule has 152 valence electrons. The minimum atomic E-state index is -0.299. The van der Waals surface area contributed by atoms with E-state index in [1.165, 1.54) is 17.3 Å². The number of nitrogens with zero attached hydrogens (tertiary/aromatic N) is 2. The molecule has 2 aromatic carbocycles. The van der Waals surface area contributed by atoms with Crippen LogP contribution in [0.1, 0.15) is 46.0 Å². The van der Waals surface area contributed by atoms with Crippen molar-refractivity contribution >= 4 is 16.8 Å². The van der Waals surface area contributed by atoms with Crippen molar-refractivity contribution in [1.82, 2.24) is 14.9 Å². The molecule has 1 unspecified atom stereocenters. The molecule has 0 spiro atoms. The van der Waals surface area contributed by atoms with E-state index in [0.29, 0.717) is 24.6 Å². The zero-order chi connectivity index (χ0) is 20.7. The number of carbonyl (C=O) groups is 1. The van der Waals surface area contributed by atoms with Crippen molar-refractivity contribution < 1.29 is 13.9 Å². The van der Waals surface area contributed by atoms with E-state index in [4.69, 9.17) is 9.15 Å². The van der Waals surface area contributed by atoms with E-state index < -0.39 is 0 Å². The molecule has 4 aromatic rings. The summed E-state index contributed by atoms with van der Waals surface area (Å²) in [6, 6.07) is 15.9. The number of H-pyrrole nitrogens is 1. The van der Waals surface area contributed by atoms with E-state index in [9.17, 15) is 4.79 Å². The number of oxazole rings is 1. The average molecular weight is 401 g/mol. The molecule has 1 N–H and O–H groups in total. The van der Waals surface area contributed by atoms with Gasteiger partial charge in [-0.05, 0) is 38.0 Å². The third kappa shape index (κ3) is 2.87. The largest absolute Gasteiger partial charge is 0.494 e. The molecule has 2 aromatic heterocycles. The summed E-state index contributed by atoms with van der Waals surface area (Å²) < 4.78 is 11.2. The van der Waals surface area contributed by atoms with Crippen molar-refractivity contribution in [2.75, 3.05) is 13.2 Å². The molecule has 0 radical (unpaired) electrons. The number of aromatic nitrogens is 2. The van der Waals surface area contributed by atoms with Gasteiger partial charge >= 0.3 is 0 Å². The van der Waals surface area contributed by atoms with Crippen LogP contribution < -0.4 is 4.74 Å². The van der Waals surface area contributed by atoms with Crippen molar-refractivity contribution in [3.8, 4) is 5.75 Å². The average Bonchev–Trinajstić information content (AvgIpc) is 3.36. The topological polar surface area (TPSA) is 71.4 Å². The lowest BCUT2D eigenvalue weighted by Gasteiger charge is -2.36. The van der Waals surface area contributed by atoms with E-state index in [-0.39, 0.29) is 11.9 Å². The molecule has 1 amide bonds. The lowest BCUT2D eigenvalue weighted by Crippen LogP contribution is -2.41. The number of amides is 1. The minimum Gasteiger partial charge on any atom is -0.494 e. The number of hydrogen-bond donors (Lipinski definition) is 1. The van der Waals surface area contributed by atoms with Gasteiger partial charge in [0, 0.05) is 28.7 Å². The molecular formula is C24H23N3O3. The van der Waals surface area contributed by atoms with Crippen LogP contribution in [0.15, 0.2) is 59.3 Å². The quantitative estimate of drug-likeness (QED) is 0.540. The van der Waals surface area contributed by atoms with E-state index in [1.54, 1.807) is 6.92 Å². The molecule has 6 nitrogen and oxygen atoms in total. The predicted molar refractivity (Wildman–Crippen MR) is 114 cm³/mol. The van der Waals surface area contributed by atoms with Gasteiger partial charge in [-0.25, -0.2) is 4.98 Å². The lowest BCUT2D eigenvalue weighted by atomic mass is 9.91. The van der Waals surface area contributed by atoms with Gasteiger partial charge in [0.1, 0.15) is 17.6 Å². The number of nitrogens with one attached hydrogen (secondary N) is 1. The Hall–Kier alpha value is -3.54. The minimum absolute atomic E-state index is 0.137. The van der Waals surface area contributed by atoms with Gasteiger partial charge in [-0.1, -0.05) is 36.4 Å². The third-order valence-corrected chi connectivity index (χ3v) is 5.76. The maximum absolute atomic E-state index is 13.5. The second-order valence-corrected chi connectivity index (χ2v) is 7.44. The fourth-order valence-electron chi connectivity index (χ4n) is 4.42. The van der Waals surface area contributed by atoms with Crippen LogP contribution in [0.2, 0.25) is 0 Å². The molecule has 5 rings (SSSR count). The Morgan fingerprint density at radius 3 is 2.83 bits per heavy atom. The molecule has 0 saturated heterocycles. The van der Waals surface area contributed by atoms with Crippen LogP contribution in [0, 0.1) is 6.92 Å². The highest BCUT2D eigenvalue weighted by Crippen LogP contribution is 2.42. The number of fused-ring (bicyclic) bond motifs is 3. The van der Waals surface area contributed by atoms with E-state index in [2.05, 4.69) is 28.2 Å². The first-order valence-corrected chi connectivity index (χ1v) is 10.2. The second kappa shape index (κ2) is 7.37. The van der Waals surface area contributed by atoms with Crippen LogP contribution in [0.3, 0.4) is 0 Å². The summed E-state index contributed by atoms with van der Waals surface area (Å²) in [5.41, 5.74) is 4.68. The molecule has 0 bridgehead atoms. The summed E-state index contributed by atoms with van der Waals surface area (Å²) in [5, 5.41) is 1.20. The fraction of sp³-hybridized carbons (Fsp3) is 0.250. The van der Waals surface area contributed by atoms with Crippen LogP contribution in [0.25, 0.3) is 10.9 Å². The molecular weight excluding hydrogens is 378 g/mol. The normalized spacial score (nSPS) is 15.9. The Bertz CT molecular complexity index is 1220. The zero-order valence-corrected chi connectivity index (χ0v) is 17.0. The smallest absolute Gasteiger partial charge is 0.276 e. The Balaban J connectivity index is 1.70. The predicted octanol–water partition coefficient (Wildman–Crippen LogP) is 4.65. The number of rotatable bonds is 4. The number of carbonyl (C=O) groups excluding carboxylic acids is 1. The molecule has 1 aliphatic heterocycles. The van der Waals surface area contributed by atoms with Crippen LogP contribution in [0.5, 0.6) is 5.75 Å². The number of para-hydroxylation sites is 2. The highest BCUT2D eigenvalue weighted by molar-refractivity contribution is 5.94. The Kier molecular flexibility index (Phi) is 4.54. The first-order chi connectivity index (χ1) is 14.7. The number of aryl methyl sites for hydroxylation is 1. The van der Waals surface area contributed by atoms with Crippen molar-refractivity contribution in [1.29, 1.82) is 0 Å². The SMILES string of the molecule is CCOc1ccccc1C1c2[nH]c3ccccc3c2CCN1C(=O)c1ncoc1C. The van der Waals surface area contributed by atoms with Crippen molar-refractivity contribution in [3.05, 3.63) is 83.2 Å².